The standard InChI is InChI=1S/C23H27BrN2O2S/c1-16-5-11-21(12-6-16)25-23(29)26(15-18-3-2-4-20(24)13-18)14-17-7-9-19(10-8-17)22(27)28/h2-6,11-13,17,19H,7-10,14-15H2,1H3,(H,25,29)(H,27,28)/p-1. The van der Waals surface area contributed by atoms with Crippen molar-refractivity contribution in [3.05, 3.63) is 64.1 Å². The zero-order chi connectivity index (χ0) is 20.8. The number of aryl methyl sites for hydroxylation is 1. The van der Waals surface area contributed by atoms with E-state index in [4.69, 9.17) is 12.2 Å². The number of rotatable bonds is 6. The van der Waals surface area contributed by atoms with Gasteiger partial charge in [0.2, 0.25) is 0 Å². The number of carboxylic acid groups (broad SMARTS) is 1. The monoisotopic (exact) mass is 473 g/mol. The first-order valence-electron chi connectivity index (χ1n) is 9.98. The number of hydrogen-bond donors (Lipinski definition) is 1. The van der Waals surface area contributed by atoms with Crippen molar-refractivity contribution >= 4 is 44.9 Å². The van der Waals surface area contributed by atoms with Crippen LogP contribution in [0.3, 0.4) is 0 Å². The lowest BCUT2D eigenvalue weighted by Crippen LogP contribution is -2.40. The summed E-state index contributed by atoms with van der Waals surface area (Å²) in [6.45, 7) is 3.58. The lowest BCUT2D eigenvalue weighted by molar-refractivity contribution is -0.312. The molecule has 1 saturated carbocycles. The molecule has 4 nitrogen and oxygen atoms in total. The van der Waals surface area contributed by atoms with Gasteiger partial charge in [0, 0.05) is 29.2 Å². The molecule has 1 aliphatic carbocycles. The molecule has 0 amide bonds. The zero-order valence-corrected chi connectivity index (χ0v) is 19.0. The van der Waals surface area contributed by atoms with E-state index in [1.165, 1.54) is 11.1 Å². The second-order valence-corrected chi connectivity index (χ2v) is 9.15. The van der Waals surface area contributed by atoms with E-state index in [0.29, 0.717) is 30.4 Å². The molecule has 1 aliphatic rings. The Labute approximate surface area is 186 Å². The Morgan fingerprint density at radius 2 is 1.86 bits per heavy atom. The Morgan fingerprint density at radius 1 is 1.17 bits per heavy atom. The summed E-state index contributed by atoms with van der Waals surface area (Å²) in [4.78, 5) is 13.3. The Bertz CT molecular complexity index is 848. The molecule has 0 radical (unpaired) electrons. The maximum atomic E-state index is 11.1. The first-order valence-corrected chi connectivity index (χ1v) is 11.2. The van der Waals surface area contributed by atoms with Gasteiger partial charge in [0.1, 0.15) is 0 Å². The average Bonchev–Trinajstić information content (AvgIpc) is 2.69. The van der Waals surface area contributed by atoms with Gasteiger partial charge in [0.15, 0.2) is 5.11 Å². The fraction of sp³-hybridized carbons (Fsp3) is 0.391. The fourth-order valence-corrected chi connectivity index (χ4v) is 4.51. The molecule has 0 heterocycles. The van der Waals surface area contributed by atoms with E-state index in [-0.39, 0.29) is 5.92 Å². The van der Waals surface area contributed by atoms with Crippen molar-refractivity contribution in [3.63, 3.8) is 0 Å². The summed E-state index contributed by atoms with van der Waals surface area (Å²) in [6.07, 6.45) is 3.16. The van der Waals surface area contributed by atoms with Crippen molar-refractivity contribution in [2.24, 2.45) is 11.8 Å². The van der Waals surface area contributed by atoms with Crippen LogP contribution in [-0.4, -0.2) is 22.5 Å². The summed E-state index contributed by atoms with van der Waals surface area (Å²) in [5, 5.41) is 15.2. The minimum absolute atomic E-state index is 0.303. The van der Waals surface area contributed by atoms with Crippen LogP contribution in [0.1, 0.15) is 36.8 Å². The summed E-state index contributed by atoms with van der Waals surface area (Å²) in [6, 6.07) is 16.4. The Hall–Kier alpha value is -1.92. The molecule has 0 aromatic heterocycles. The number of nitrogens with zero attached hydrogens (tertiary/aromatic N) is 1. The van der Waals surface area contributed by atoms with Gasteiger partial charge in [0.05, 0.1) is 0 Å². The van der Waals surface area contributed by atoms with Gasteiger partial charge < -0.3 is 20.1 Å². The lowest BCUT2D eigenvalue weighted by Gasteiger charge is -2.34. The average molecular weight is 474 g/mol. The maximum absolute atomic E-state index is 11.1. The number of hydrogen-bond acceptors (Lipinski definition) is 3. The minimum Gasteiger partial charge on any atom is -0.550 e. The molecule has 1 fully saturated rings. The third kappa shape index (κ3) is 6.54. The van der Waals surface area contributed by atoms with Crippen molar-refractivity contribution in [2.75, 3.05) is 11.9 Å². The van der Waals surface area contributed by atoms with Crippen molar-refractivity contribution < 1.29 is 9.90 Å². The van der Waals surface area contributed by atoms with E-state index in [2.05, 4.69) is 57.3 Å². The molecule has 0 spiro atoms. The number of carbonyl (C=O) groups is 1. The molecule has 3 rings (SSSR count). The van der Waals surface area contributed by atoms with Gasteiger partial charge in [-0.3, -0.25) is 0 Å². The largest absolute Gasteiger partial charge is 0.550 e. The minimum atomic E-state index is -0.911. The van der Waals surface area contributed by atoms with Crippen LogP contribution in [0, 0.1) is 18.8 Å². The van der Waals surface area contributed by atoms with Crippen LogP contribution in [0.25, 0.3) is 0 Å². The second-order valence-electron chi connectivity index (χ2n) is 7.84. The van der Waals surface area contributed by atoms with E-state index in [0.717, 1.165) is 29.5 Å². The van der Waals surface area contributed by atoms with E-state index in [1.54, 1.807) is 0 Å². The number of benzene rings is 2. The van der Waals surface area contributed by atoms with Gasteiger partial charge in [-0.05, 0) is 86.5 Å². The lowest BCUT2D eigenvalue weighted by atomic mass is 9.82. The van der Waals surface area contributed by atoms with Gasteiger partial charge in [-0.25, -0.2) is 0 Å². The molecule has 0 saturated heterocycles. The van der Waals surface area contributed by atoms with Crippen LogP contribution >= 0.6 is 28.1 Å². The van der Waals surface area contributed by atoms with Crippen LogP contribution in [0.15, 0.2) is 53.0 Å². The van der Waals surface area contributed by atoms with Crippen molar-refractivity contribution in [1.29, 1.82) is 0 Å². The predicted molar refractivity (Wildman–Crippen MR) is 122 cm³/mol. The number of thiocarbonyl (C=S) groups is 1. The SMILES string of the molecule is Cc1ccc(NC(=S)N(Cc2cccc(Br)c2)CC2CCC(C(=O)[O-])CC2)cc1. The van der Waals surface area contributed by atoms with Gasteiger partial charge in [-0.15, -0.1) is 0 Å². The summed E-state index contributed by atoms with van der Waals surface area (Å²) in [5.74, 6) is -0.788. The molecule has 0 bridgehead atoms. The molecule has 0 aliphatic heterocycles. The van der Waals surface area contributed by atoms with Crippen molar-refractivity contribution in [2.45, 2.75) is 39.2 Å². The molecule has 0 atom stereocenters. The normalized spacial score (nSPS) is 18.8. The van der Waals surface area contributed by atoms with Crippen molar-refractivity contribution in [3.8, 4) is 0 Å². The quantitative estimate of drug-likeness (QED) is 0.625. The number of aliphatic carboxylic acids is 1. The third-order valence-corrected chi connectivity index (χ3v) is 6.36. The van der Waals surface area contributed by atoms with E-state index in [1.807, 2.05) is 24.3 Å². The van der Waals surface area contributed by atoms with Crippen LogP contribution < -0.4 is 10.4 Å². The number of carboxylic acids is 1. The van der Waals surface area contributed by atoms with Crippen LogP contribution in [0.5, 0.6) is 0 Å². The summed E-state index contributed by atoms with van der Waals surface area (Å²) in [5.41, 5.74) is 3.36. The molecule has 154 valence electrons. The highest BCUT2D eigenvalue weighted by atomic mass is 79.9. The fourth-order valence-electron chi connectivity index (χ4n) is 3.81. The maximum Gasteiger partial charge on any atom is 0.173 e. The van der Waals surface area contributed by atoms with E-state index < -0.39 is 5.97 Å². The topological polar surface area (TPSA) is 55.4 Å². The van der Waals surface area contributed by atoms with E-state index >= 15 is 0 Å². The van der Waals surface area contributed by atoms with Crippen LogP contribution in [0.4, 0.5) is 5.69 Å². The van der Waals surface area contributed by atoms with Gasteiger partial charge >= 0.3 is 0 Å². The third-order valence-electron chi connectivity index (χ3n) is 5.51. The molecular formula is C23H26BrN2O2S-. The van der Waals surface area contributed by atoms with Crippen LogP contribution in [-0.2, 0) is 11.3 Å². The molecule has 0 unspecified atom stereocenters. The van der Waals surface area contributed by atoms with Gasteiger partial charge in [-0.1, -0.05) is 45.8 Å². The highest BCUT2D eigenvalue weighted by molar-refractivity contribution is 9.10. The Kier molecular flexibility index (Phi) is 7.67. The second kappa shape index (κ2) is 10.2. The predicted octanol–water partition coefficient (Wildman–Crippen LogP) is 4.51. The highest BCUT2D eigenvalue weighted by Crippen LogP contribution is 2.29. The first kappa shape index (κ1) is 21.8. The van der Waals surface area contributed by atoms with E-state index in [9.17, 15) is 9.90 Å². The summed E-state index contributed by atoms with van der Waals surface area (Å²) >= 11 is 9.29. The molecule has 2 aromatic rings. The summed E-state index contributed by atoms with van der Waals surface area (Å²) < 4.78 is 1.04. The number of carbonyl (C=O) groups excluding carboxylic acids is 1. The number of nitrogens with one attached hydrogen (secondary N) is 1. The number of anilines is 1. The van der Waals surface area contributed by atoms with Crippen molar-refractivity contribution in [1.82, 2.24) is 4.90 Å². The Balaban J connectivity index is 1.69. The number of halogens is 1. The highest BCUT2D eigenvalue weighted by Gasteiger charge is 2.24. The molecular weight excluding hydrogens is 448 g/mol. The molecule has 2 aromatic carbocycles. The molecule has 1 N–H and O–H groups in total. The Morgan fingerprint density at radius 3 is 2.48 bits per heavy atom. The van der Waals surface area contributed by atoms with Gasteiger partial charge in [-0.2, -0.15) is 0 Å². The molecule has 6 heteroatoms. The smallest absolute Gasteiger partial charge is 0.173 e. The first-order chi connectivity index (χ1) is 13.9. The molecule has 29 heavy (non-hydrogen) atoms. The van der Waals surface area contributed by atoms with Gasteiger partial charge in [0.25, 0.3) is 0 Å². The summed E-state index contributed by atoms with van der Waals surface area (Å²) in [7, 11) is 0. The van der Waals surface area contributed by atoms with Crippen LogP contribution in [0.2, 0.25) is 0 Å². The zero-order valence-electron chi connectivity index (χ0n) is 16.6.